The lowest BCUT2D eigenvalue weighted by Crippen LogP contribution is -2.39. The van der Waals surface area contributed by atoms with E-state index in [0.717, 1.165) is 27.1 Å². The van der Waals surface area contributed by atoms with Crippen LogP contribution in [0.25, 0.3) is 0 Å². The highest BCUT2D eigenvalue weighted by Crippen LogP contribution is 2.34. The number of aliphatic hydroxyl groups is 2. The molecule has 2 aromatic carbocycles. The van der Waals surface area contributed by atoms with Crippen molar-refractivity contribution in [2.45, 2.75) is 102 Å². The van der Waals surface area contributed by atoms with Crippen LogP contribution in [0.4, 0.5) is 0 Å². The van der Waals surface area contributed by atoms with Crippen LogP contribution in [0.3, 0.4) is 0 Å². The number of hydrogen-bond donors (Lipinski definition) is 4. The number of carbonyl (C=O) groups is 1. The van der Waals surface area contributed by atoms with Crippen molar-refractivity contribution < 1.29 is 19.2 Å². The minimum absolute atomic E-state index is 0.111. The van der Waals surface area contributed by atoms with Crippen molar-refractivity contribution in [3.8, 4) is 0 Å². The van der Waals surface area contributed by atoms with Crippen molar-refractivity contribution in [2.24, 2.45) is 5.92 Å². The number of carbonyl (C=O) groups excluding carboxylic acids is 1. The van der Waals surface area contributed by atoms with Gasteiger partial charge in [0, 0.05) is 18.9 Å². The van der Waals surface area contributed by atoms with Crippen LogP contribution >= 0.6 is 0 Å². The van der Waals surface area contributed by atoms with E-state index >= 15 is 0 Å². The molecule has 7 heteroatoms. The van der Waals surface area contributed by atoms with E-state index in [-0.39, 0.29) is 30.7 Å². The Hall–Kier alpha value is -2.06. The molecule has 0 aliphatic heterocycles. The van der Waals surface area contributed by atoms with Crippen LogP contribution in [0.1, 0.15) is 106 Å². The van der Waals surface area contributed by atoms with Crippen LogP contribution in [-0.4, -0.2) is 39.1 Å². The molecule has 5 unspecified atom stereocenters. The Labute approximate surface area is 224 Å². The van der Waals surface area contributed by atoms with Gasteiger partial charge in [-0.1, -0.05) is 84.9 Å². The minimum atomic E-state index is -1.49. The topological polar surface area (TPSA) is 98.7 Å². The van der Waals surface area contributed by atoms with Gasteiger partial charge in [-0.05, 0) is 52.0 Å². The Balaban J connectivity index is 1.63. The summed E-state index contributed by atoms with van der Waals surface area (Å²) in [6, 6.07) is 11.6. The minimum Gasteiger partial charge on any atom is -0.392 e. The quantitative estimate of drug-likeness (QED) is 0.336. The van der Waals surface area contributed by atoms with Crippen LogP contribution in [0.2, 0.25) is 0 Å². The fourth-order valence-electron chi connectivity index (χ4n) is 4.99. The molecule has 204 valence electrons. The summed E-state index contributed by atoms with van der Waals surface area (Å²) in [5, 5.41) is 24.1. The molecule has 3 rings (SSSR count). The highest BCUT2D eigenvalue weighted by molar-refractivity contribution is 7.83. The highest BCUT2D eigenvalue weighted by atomic mass is 32.2. The van der Waals surface area contributed by atoms with E-state index < -0.39 is 35.2 Å². The summed E-state index contributed by atoms with van der Waals surface area (Å²) in [6.45, 7) is 14.6. The van der Waals surface area contributed by atoms with Crippen molar-refractivity contribution in [2.75, 3.05) is 6.54 Å². The lowest BCUT2D eigenvalue weighted by atomic mass is 9.89. The largest absolute Gasteiger partial charge is 0.392 e. The first-order chi connectivity index (χ1) is 17.4. The molecule has 1 aliphatic rings. The SMILES string of the molecule is CC(CC(O)CNS(=O)c1c(C(C)C)cc(C(C)C)cc1C(C)C)C(=O)NC1c2ccccc2CC1O. The van der Waals surface area contributed by atoms with E-state index in [1.807, 2.05) is 24.3 Å². The average molecular weight is 529 g/mol. The number of benzene rings is 2. The molecule has 0 bridgehead atoms. The van der Waals surface area contributed by atoms with Crippen LogP contribution in [-0.2, 0) is 22.2 Å². The van der Waals surface area contributed by atoms with Crippen molar-refractivity contribution >= 4 is 16.9 Å². The monoisotopic (exact) mass is 528 g/mol. The molecule has 0 saturated carbocycles. The molecular weight excluding hydrogens is 484 g/mol. The zero-order valence-electron chi connectivity index (χ0n) is 23.2. The second-order valence-electron chi connectivity index (χ2n) is 11.4. The second-order valence-corrected chi connectivity index (χ2v) is 12.6. The van der Waals surface area contributed by atoms with Crippen LogP contribution < -0.4 is 10.0 Å². The van der Waals surface area contributed by atoms with E-state index in [9.17, 15) is 19.2 Å². The first-order valence-electron chi connectivity index (χ1n) is 13.5. The van der Waals surface area contributed by atoms with Crippen molar-refractivity contribution in [3.05, 3.63) is 64.2 Å². The maximum atomic E-state index is 13.5. The normalized spacial score (nSPS) is 19.8. The summed E-state index contributed by atoms with van der Waals surface area (Å²) >= 11 is 0. The maximum absolute atomic E-state index is 13.5. The molecule has 1 aliphatic carbocycles. The third kappa shape index (κ3) is 7.08. The molecule has 2 aromatic rings. The molecule has 37 heavy (non-hydrogen) atoms. The lowest BCUT2D eigenvalue weighted by molar-refractivity contribution is -0.127. The van der Waals surface area contributed by atoms with E-state index in [1.165, 1.54) is 5.56 Å². The first-order valence-corrected chi connectivity index (χ1v) is 14.6. The molecule has 0 spiro atoms. The number of hydrogen-bond acceptors (Lipinski definition) is 4. The van der Waals surface area contributed by atoms with E-state index in [2.05, 4.69) is 63.7 Å². The van der Waals surface area contributed by atoms with Crippen LogP contribution in [0.15, 0.2) is 41.3 Å². The van der Waals surface area contributed by atoms with Gasteiger partial charge in [-0.3, -0.25) is 4.79 Å². The predicted octanol–water partition coefficient (Wildman–Crippen LogP) is 4.83. The average Bonchev–Trinajstić information content (AvgIpc) is 3.16. The van der Waals surface area contributed by atoms with Crippen LogP contribution in [0, 0.1) is 5.92 Å². The summed E-state index contributed by atoms with van der Waals surface area (Å²) in [6.07, 6.45) is -0.760. The Morgan fingerprint density at radius 3 is 2.16 bits per heavy atom. The van der Waals surface area contributed by atoms with Gasteiger partial charge in [0.2, 0.25) is 5.91 Å². The van der Waals surface area contributed by atoms with E-state index in [0.29, 0.717) is 12.3 Å². The molecule has 1 amide bonds. The molecule has 0 aromatic heterocycles. The van der Waals surface area contributed by atoms with Gasteiger partial charge >= 0.3 is 0 Å². The smallest absolute Gasteiger partial charge is 0.223 e. The molecule has 0 heterocycles. The highest BCUT2D eigenvalue weighted by Gasteiger charge is 2.33. The maximum Gasteiger partial charge on any atom is 0.223 e. The Morgan fingerprint density at radius 1 is 1.00 bits per heavy atom. The molecule has 0 saturated heterocycles. The third-order valence-corrected chi connectivity index (χ3v) is 8.56. The summed E-state index contributed by atoms with van der Waals surface area (Å²) < 4.78 is 16.5. The van der Waals surface area contributed by atoms with Gasteiger partial charge in [0.1, 0.15) is 11.0 Å². The number of rotatable bonds is 11. The zero-order chi connectivity index (χ0) is 27.4. The van der Waals surface area contributed by atoms with Gasteiger partial charge in [0.15, 0.2) is 0 Å². The van der Waals surface area contributed by atoms with Gasteiger partial charge in [-0.2, -0.15) is 0 Å². The standard InChI is InChI=1S/C30H44N2O4S/c1-17(2)22-13-25(18(3)4)29(26(14-22)19(5)6)37(36)31-16-23(33)12-20(7)30(35)32-28-24-11-9-8-10-21(24)15-27(28)34/h8-11,13-14,17-20,23,27-28,31,33-34H,12,15-16H2,1-7H3,(H,32,35). The molecule has 4 N–H and O–H groups in total. The van der Waals surface area contributed by atoms with Gasteiger partial charge < -0.3 is 15.5 Å². The summed E-state index contributed by atoms with van der Waals surface area (Å²) in [5.74, 6) is 0.115. The molecule has 0 radical (unpaired) electrons. The number of amides is 1. The first kappa shape index (κ1) is 29.5. The number of aliphatic hydroxyl groups excluding tert-OH is 2. The van der Waals surface area contributed by atoms with Gasteiger partial charge in [0.25, 0.3) is 0 Å². The Kier molecular flexibility index (Phi) is 10.1. The van der Waals surface area contributed by atoms with Gasteiger partial charge in [0.05, 0.1) is 23.1 Å². The Bertz CT molecular complexity index is 1090. The van der Waals surface area contributed by atoms with E-state index in [4.69, 9.17) is 0 Å². The predicted molar refractivity (Wildman–Crippen MR) is 150 cm³/mol. The van der Waals surface area contributed by atoms with Gasteiger partial charge in [-0.25, -0.2) is 8.93 Å². The zero-order valence-corrected chi connectivity index (χ0v) is 24.1. The van der Waals surface area contributed by atoms with Crippen molar-refractivity contribution in [3.63, 3.8) is 0 Å². The van der Waals surface area contributed by atoms with Crippen LogP contribution in [0.5, 0.6) is 0 Å². The van der Waals surface area contributed by atoms with E-state index in [1.54, 1.807) is 6.92 Å². The number of fused-ring (bicyclic) bond motifs is 1. The molecule has 5 atom stereocenters. The fraction of sp³-hybridized carbons (Fsp3) is 0.567. The van der Waals surface area contributed by atoms with Crippen molar-refractivity contribution in [1.82, 2.24) is 10.0 Å². The summed E-state index contributed by atoms with van der Waals surface area (Å²) in [7, 11) is -1.49. The fourth-order valence-corrected chi connectivity index (χ4v) is 6.50. The van der Waals surface area contributed by atoms with Gasteiger partial charge in [-0.15, -0.1) is 0 Å². The summed E-state index contributed by atoms with van der Waals surface area (Å²) in [4.78, 5) is 13.7. The second kappa shape index (κ2) is 12.7. The lowest BCUT2D eigenvalue weighted by Gasteiger charge is -2.24. The summed E-state index contributed by atoms with van der Waals surface area (Å²) in [5.41, 5.74) is 5.36. The molecule has 6 nitrogen and oxygen atoms in total. The molecule has 0 fully saturated rings. The number of nitrogens with one attached hydrogen (secondary N) is 2. The molecular formula is C30H44N2O4S. The third-order valence-electron chi connectivity index (χ3n) is 7.29. The van der Waals surface area contributed by atoms with Crippen molar-refractivity contribution in [1.29, 1.82) is 0 Å². The Morgan fingerprint density at radius 2 is 1.59 bits per heavy atom.